The monoisotopic (exact) mass is 496 g/mol. The van der Waals surface area contributed by atoms with E-state index in [4.69, 9.17) is 0 Å². The number of halogens is 2. The fraction of sp³-hybridized carbons (Fsp3) is 0.300. The minimum atomic E-state index is -3.21. The molecule has 1 amide bonds. The average Bonchev–Trinajstić information content (AvgIpc) is 3.08. The predicted molar refractivity (Wildman–Crippen MR) is 118 cm³/mol. The summed E-state index contributed by atoms with van der Waals surface area (Å²) in [6.45, 7) is 1.97. The molecule has 0 saturated carbocycles. The summed E-state index contributed by atoms with van der Waals surface area (Å²) >= 11 is 4.47. The highest BCUT2D eigenvalue weighted by molar-refractivity contribution is 9.10. The van der Waals surface area contributed by atoms with Crippen LogP contribution in [0.1, 0.15) is 11.1 Å². The average molecular weight is 497 g/mol. The number of nitrogens with zero attached hydrogens (tertiary/aromatic N) is 2. The van der Waals surface area contributed by atoms with E-state index in [1.807, 2.05) is 31.2 Å². The van der Waals surface area contributed by atoms with Gasteiger partial charge in [-0.1, -0.05) is 57.5 Å². The van der Waals surface area contributed by atoms with Crippen molar-refractivity contribution in [3.8, 4) is 0 Å². The Balaban J connectivity index is 1.66. The molecule has 2 aliphatic rings. The lowest BCUT2D eigenvalue weighted by Crippen LogP contribution is -2.38. The molecule has 2 aromatic rings. The van der Waals surface area contributed by atoms with Gasteiger partial charge in [0.2, 0.25) is 0 Å². The summed E-state index contributed by atoms with van der Waals surface area (Å²) in [6.07, 6.45) is 0.134. The Hall–Kier alpha value is -1.71. The van der Waals surface area contributed by atoms with Crippen LogP contribution in [0.2, 0.25) is 0 Å². The number of fused-ring (bicyclic) bond motifs is 1. The first-order valence-electron chi connectivity index (χ1n) is 9.00. The number of hydrogen-bond acceptors (Lipinski definition) is 4. The number of hydrogen-bond donors (Lipinski definition) is 0. The third-order valence-corrected chi connectivity index (χ3v) is 8.64. The van der Waals surface area contributed by atoms with Gasteiger partial charge >= 0.3 is 0 Å². The summed E-state index contributed by atoms with van der Waals surface area (Å²) in [7, 11) is -3.21. The first-order chi connectivity index (χ1) is 13.7. The molecule has 0 bridgehead atoms. The quantitative estimate of drug-likeness (QED) is 0.647. The maximum absolute atomic E-state index is 14.7. The second kappa shape index (κ2) is 7.85. The molecule has 2 fully saturated rings. The molecule has 2 aromatic carbocycles. The maximum atomic E-state index is 14.7. The van der Waals surface area contributed by atoms with E-state index in [9.17, 15) is 17.6 Å². The number of carbonyl (C=O) groups excluding carboxylic acids is 1. The van der Waals surface area contributed by atoms with Crippen LogP contribution in [0, 0.1) is 12.7 Å². The summed E-state index contributed by atoms with van der Waals surface area (Å²) in [6, 6.07) is 11.8. The van der Waals surface area contributed by atoms with Gasteiger partial charge in [0.05, 0.1) is 29.7 Å². The highest BCUT2D eigenvalue weighted by Crippen LogP contribution is 2.42. The number of aryl methyl sites for hydroxylation is 1. The van der Waals surface area contributed by atoms with Crippen LogP contribution in [0.15, 0.2) is 51.9 Å². The molecular weight excluding hydrogens is 479 g/mol. The Morgan fingerprint density at radius 1 is 1.24 bits per heavy atom. The van der Waals surface area contributed by atoms with Crippen LogP contribution in [0.25, 0.3) is 0 Å². The van der Waals surface area contributed by atoms with E-state index in [0.717, 1.165) is 11.1 Å². The van der Waals surface area contributed by atoms with Crippen molar-refractivity contribution >= 4 is 54.3 Å². The molecule has 9 heteroatoms. The topological polar surface area (TPSA) is 66.8 Å². The lowest BCUT2D eigenvalue weighted by molar-refractivity contribution is -0.117. The van der Waals surface area contributed by atoms with E-state index >= 15 is 0 Å². The Morgan fingerprint density at radius 2 is 1.97 bits per heavy atom. The number of carbonyl (C=O) groups is 1. The fourth-order valence-electron chi connectivity index (χ4n) is 3.55. The number of aliphatic imine (C=N–C) groups is 1. The molecule has 0 spiro atoms. The van der Waals surface area contributed by atoms with E-state index in [1.54, 1.807) is 17.0 Å². The van der Waals surface area contributed by atoms with Gasteiger partial charge in [0.15, 0.2) is 15.0 Å². The number of amides is 1. The van der Waals surface area contributed by atoms with Crippen LogP contribution in [-0.4, -0.2) is 42.3 Å². The van der Waals surface area contributed by atoms with Crippen molar-refractivity contribution in [1.29, 1.82) is 0 Å². The number of amidine groups is 1. The molecule has 0 aliphatic carbocycles. The van der Waals surface area contributed by atoms with Gasteiger partial charge in [-0.05, 0) is 30.7 Å². The molecule has 2 aliphatic heterocycles. The van der Waals surface area contributed by atoms with E-state index in [-0.39, 0.29) is 34.8 Å². The molecule has 29 heavy (non-hydrogen) atoms. The molecule has 2 heterocycles. The molecule has 4 rings (SSSR count). The number of rotatable bonds is 3. The zero-order valence-corrected chi connectivity index (χ0v) is 18.7. The highest BCUT2D eigenvalue weighted by Gasteiger charge is 2.50. The van der Waals surface area contributed by atoms with Gasteiger partial charge in [0.1, 0.15) is 5.82 Å². The van der Waals surface area contributed by atoms with Gasteiger partial charge in [-0.3, -0.25) is 4.79 Å². The molecule has 152 valence electrons. The first-order valence-corrected chi connectivity index (χ1v) is 12.5. The summed E-state index contributed by atoms with van der Waals surface area (Å²) in [5, 5.41) is 0.0854. The van der Waals surface area contributed by atoms with Gasteiger partial charge in [0.25, 0.3) is 5.91 Å². The zero-order valence-electron chi connectivity index (χ0n) is 15.5. The minimum absolute atomic E-state index is 0.00214. The van der Waals surface area contributed by atoms with Crippen molar-refractivity contribution in [2.24, 2.45) is 4.99 Å². The SMILES string of the molecule is Cc1ccc(CC(=O)N=C2S[C@@H]3CS(=O)(=O)C[C@H]3N2c2ccc(Br)cc2F)cc1. The summed E-state index contributed by atoms with van der Waals surface area (Å²) in [4.78, 5) is 18.4. The Labute approximate surface area is 181 Å². The van der Waals surface area contributed by atoms with Gasteiger partial charge in [0, 0.05) is 9.72 Å². The fourth-order valence-corrected chi connectivity index (χ4v) is 7.81. The van der Waals surface area contributed by atoms with Crippen LogP contribution in [-0.2, 0) is 21.1 Å². The molecule has 2 saturated heterocycles. The van der Waals surface area contributed by atoms with Gasteiger partial charge in [-0.25, -0.2) is 12.8 Å². The van der Waals surface area contributed by atoms with Crippen LogP contribution in [0.4, 0.5) is 10.1 Å². The molecule has 0 aromatic heterocycles. The van der Waals surface area contributed by atoms with Gasteiger partial charge in [-0.2, -0.15) is 4.99 Å². The van der Waals surface area contributed by atoms with E-state index in [2.05, 4.69) is 20.9 Å². The molecule has 2 atom stereocenters. The molecule has 0 unspecified atom stereocenters. The third kappa shape index (κ3) is 4.41. The normalized spacial score (nSPS) is 24.1. The van der Waals surface area contributed by atoms with E-state index < -0.39 is 21.7 Å². The zero-order chi connectivity index (χ0) is 20.8. The van der Waals surface area contributed by atoms with Crippen LogP contribution in [0.5, 0.6) is 0 Å². The smallest absolute Gasteiger partial charge is 0.252 e. The maximum Gasteiger partial charge on any atom is 0.252 e. The van der Waals surface area contributed by atoms with E-state index in [0.29, 0.717) is 9.64 Å². The molecule has 5 nitrogen and oxygen atoms in total. The van der Waals surface area contributed by atoms with Crippen molar-refractivity contribution in [2.75, 3.05) is 16.4 Å². The number of benzene rings is 2. The Kier molecular flexibility index (Phi) is 5.56. The van der Waals surface area contributed by atoms with Crippen LogP contribution in [0.3, 0.4) is 0 Å². The van der Waals surface area contributed by atoms with Crippen LogP contribution < -0.4 is 4.90 Å². The number of anilines is 1. The van der Waals surface area contributed by atoms with E-state index in [1.165, 1.54) is 17.8 Å². The van der Waals surface area contributed by atoms with Crippen molar-refractivity contribution in [1.82, 2.24) is 0 Å². The summed E-state index contributed by atoms with van der Waals surface area (Å²) < 4.78 is 39.5. The summed E-state index contributed by atoms with van der Waals surface area (Å²) in [5.41, 5.74) is 2.18. The minimum Gasteiger partial charge on any atom is -0.313 e. The van der Waals surface area contributed by atoms with Crippen molar-refractivity contribution < 1.29 is 17.6 Å². The Bertz CT molecular complexity index is 1100. The molecule has 0 radical (unpaired) electrons. The van der Waals surface area contributed by atoms with Crippen LogP contribution >= 0.6 is 27.7 Å². The number of sulfone groups is 1. The van der Waals surface area contributed by atoms with Crippen molar-refractivity contribution in [2.45, 2.75) is 24.6 Å². The first kappa shape index (κ1) is 20.6. The largest absolute Gasteiger partial charge is 0.313 e. The third-order valence-electron chi connectivity index (χ3n) is 4.93. The Morgan fingerprint density at radius 3 is 2.66 bits per heavy atom. The molecular formula is C20H18BrFN2O3S2. The number of thioether (sulfide) groups is 1. The summed E-state index contributed by atoms with van der Waals surface area (Å²) in [5.74, 6) is -0.918. The lowest BCUT2D eigenvalue weighted by Gasteiger charge is -2.25. The predicted octanol–water partition coefficient (Wildman–Crippen LogP) is 3.74. The highest BCUT2D eigenvalue weighted by atomic mass is 79.9. The second-order valence-corrected chi connectivity index (χ2v) is 11.5. The molecule has 0 N–H and O–H groups in total. The van der Waals surface area contributed by atoms with Crippen molar-refractivity contribution in [3.63, 3.8) is 0 Å². The van der Waals surface area contributed by atoms with Gasteiger partial charge < -0.3 is 4.90 Å². The standard InChI is InChI=1S/C20H18BrFN2O3S2/c1-12-2-4-13(5-3-12)8-19(25)23-20-24(16-7-6-14(21)9-15(16)22)17-10-29(26,27)11-18(17)28-20/h2-7,9,17-18H,8,10-11H2,1H3/t17-,18-/m1/s1. The van der Waals surface area contributed by atoms with Crippen molar-refractivity contribution in [3.05, 3.63) is 63.9 Å². The van der Waals surface area contributed by atoms with Gasteiger partial charge in [-0.15, -0.1) is 0 Å². The lowest BCUT2D eigenvalue weighted by atomic mass is 10.1. The second-order valence-electron chi connectivity index (χ2n) is 7.22.